The minimum atomic E-state index is 0.186. The number of aromatic nitrogens is 2. The van der Waals surface area contributed by atoms with Crippen LogP contribution in [0, 0.1) is 0 Å². The van der Waals surface area contributed by atoms with Crippen LogP contribution in [0.25, 0.3) is 6.08 Å². The summed E-state index contributed by atoms with van der Waals surface area (Å²) in [4.78, 5) is 13.6. The Hall–Kier alpha value is -2.18. The molecule has 1 aromatic carbocycles. The van der Waals surface area contributed by atoms with Gasteiger partial charge >= 0.3 is 0 Å². The topological polar surface area (TPSA) is 99.1 Å². The molecule has 0 radical (unpaired) electrons. The molecule has 1 aliphatic rings. The number of nitrogens with two attached hydrogens (primary N) is 2. The zero-order valence-corrected chi connectivity index (χ0v) is 12.9. The molecule has 0 bridgehead atoms. The lowest BCUT2D eigenvalue weighted by molar-refractivity contribution is 0.225. The molecule has 6 nitrogen and oxygen atoms in total. The summed E-state index contributed by atoms with van der Waals surface area (Å²) >= 11 is 11.8. The Labute approximate surface area is 137 Å². The Morgan fingerprint density at radius 2 is 1.77 bits per heavy atom. The molecule has 22 heavy (non-hydrogen) atoms. The van der Waals surface area contributed by atoms with Crippen molar-refractivity contribution in [3.8, 4) is 5.75 Å². The third kappa shape index (κ3) is 3.18. The van der Waals surface area contributed by atoms with E-state index in [2.05, 4.69) is 15.4 Å². The fourth-order valence-electron chi connectivity index (χ4n) is 2.19. The Balaban J connectivity index is 1.77. The monoisotopic (exact) mass is 337 g/mol. The Bertz CT molecular complexity index is 743. The molecule has 0 atom stereocenters. The molecule has 3 rings (SSSR count). The first-order valence-corrected chi connectivity index (χ1v) is 7.28. The predicted molar refractivity (Wildman–Crippen MR) is 87.4 cm³/mol. The number of aryl methyl sites for hydroxylation is 1. The number of hydrogen-bond donors (Lipinski definition) is 3. The summed E-state index contributed by atoms with van der Waals surface area (Å²) in [6, 6.07) is 4.96. The first-order valence-electron chi connectivity index (χ1n) is 6.52. The quantitative estimate of drug-likeness (QED) is 0.745. The maximum atomic E-state index is 5.92. The second kappa shape index (κ2) is 5.90. The van der Waals surface area contributed by atoms with Crippen LogP contribution in [-0.2, 0) is 6.42 Å². The molecule has 0 aliphatic heterocycles. The van der Waals surface area contributed by atoms with Crippen molar-refractivity contribution in [1.82, 2.24) is 15.4 Å². The number of allylic oxidation sites excluding steroid dienone is 1. The van der Waals surface area contributed by atoms with Gasteiger partial charge in [-0.1, -0.05) is 23.2 Å². The standard InChI is InChI=1S/C14H13Cl2N5O/c15-7-3-8(16)5-10(4-7)22-21-9-1-2-12-11(6-9)13(17)20-14(18)19-12/h3-6,21H,1-2H2,(H4,17,18,19,20). The van der Waals surface area contributed by atoms with E-state index in [-0.39, 0.29) is 5.95 Å². The van der Waals surface area contributed by atoms with Gasteiger partial charge in [0.2, 0.25) is 5.95 Å². The van der Waals surface area contributed by atoms with Crippen LogP contribution in [0.4, 0.5) is 11.8 Å². The smallest absolute Gasteiger partial charge is 0.222 e. The molecule has 2 aromatic rings. The Morgan fingerprint density at radius 3 is 2.50 bits per heavy atom. The Kier molecular flexibility index (Phi) is 3.96. The minimum absolute atomic E-state index is 0.186. The van der Waals surface area contributed by atoms with Crippen LogP contribution in [0.3, 0.4) is 0 Å². The number of rotatable bonds is 3. The molecule has 0 spiro atoms. The van der Waals surface area contributed by atoms with Crippen LogP contribution in [-0.4, -0.2) is 9.97 Å². The van der Waals surface area contributed by atoms with Crippen LogP contribution in [0.15, 0.2) is 23.9 Å². The third-order valence-electron chi connectivity index (χ3n) is 3.16. The summed E-state index contributed by atoms with van der Waals surface area (Å²) in [7, 11) is 0. The molecule has 0 amide bonds. The van der Waals surface area contributed by atoms with Gasteiger partial charge in [-0.3, -0.25) is 0 Å². The van der Waals surface area contributed by atoms with Gasteiger partial charge in [-0.05, 0) is 25.0 Å². The fourth-order valence-corrected chi connectivity index (χ4v) is 2.70. The van der Waals surface area contributed by atoms with Crippen LogP contribution in [0.5, 0.6) is 5.75 Å². The molecule has 0 saturated heterocycles. The summed E-state index contributed by atoms with van der Waals surface area (Å²) in [6.07, 6.45) is 3.27. The van der Waals surface area contributed by atoms with Gasteiger partial charge in [-0.25, -0.2) is 10.5 Å². The summed E-state index contributed by atoms with van der Waals surface area (Å²) in [5.41, 5.74) is 16.8. The molecule has 1 aromatic heterocycles. The van der Waals surface area contributed by atoms with Crippen molar-refractivity contribution in [3.05, 3.63) is 45.2 Å². The van der Waals surface area contributed by atoms with Crippen molar-refractivity contribution < 1.29 is 4.84 Å². The highest BCUT2D eigenvalue weighted by Crippen LogP contribution is 2.27. The van der Waals surface area contributed by atoms with Crippen LogP contribution >= 0.6 is 23.2 Å². The van der Waals surface area contributed by atoms with Crippen LogP contribution in [0.2, 0.25) is 10.0 Å². The number of hydrogen-bond acceptors (Lipinski definition) is 6. The van der Waals surface area contributed by atoms with E-state index in [9.17, 15) is 0 Å². The van der Waals surface area contributed by atoms with Crippen LogP contribution < -0.4 is 21.8 Å². The number of halogens is 2. The fraction of sp³-hybridized carbons (Fsp3) is 0.143. The molecule has 1 aliphatic carbocycles. The van der Waals surface area contributed by atoms with Gasteiger partial charge in [-0.15, -0.1) is 0 Å². The average molecular weight is 338 g/mol. The molecule has 0 unspecified atom stereocenters. The van der Waals surface area contributed by atoms with Crippen molar-refractivity contribution in [2.75, 3.05) is 11.5 Å². The van der Waals surface area contributed by atoms with Crippen molar-refractivity contribution in [2.24, 2.45) is 0 Å². The van der Waals surface area contributed by atoms with Gasteiger partial charge in [-0.2, -0.15) is 4.98 Å². The maximum absolute atomic E-state index is 5.92. The van der Waals surface area contributed by atoms with E-state index in [1.54, 1.807) is 18.2 Å². The lowest BCUT2D eigenvalue weighted by Crippen LogP contribution is -2.21. The summed E-state index contributed by atoms with van der Waals surface area (Å²) in [6.45, 7) is 0. The molecular weight excluding hydrogens is 325 g/mol. The van der Waals surface area contributed by atoms with E-state index in [0.717, 1.165) is 23.4 Å². The van der Waals surface area contributed by atoms with E-state index in [1.165, 1.54) is 0 Å². The van der Waals surface area contributed by atoms with E-state index in [0.29, 0.717) is 28.0 Å². The first-order chi connectivity index (χ1) is 10.5. The number of nitrogen functional groups attached to an aromatic ring is 2. The second-order valence-electron chi connectivity index (χ2n) is 4.81. The summed E-state index contributed by atoms with van der Waals surface area (Å²) < 4.78 is 0. The van der Waals surface area contributed by atoms with Gasteiger partial charge in [0.05, 0.1) is 11.4 Å². The Morgan fingerprint density at radius 1 is 1.05 bits per heavy atom. The van der Waals surface area contributed by atoms with Gasteiger partial charge in [0.25, 0.3) is 0 Å². The van der Waals surface area contributed by atoms with Crippen molar-refractivity contribution in [1.29, 1.82) is 0 Å². The normalized spacial score (nSPS) is 13.3. The summed E-state index contributed by atoms with van der Waals surface area (Å²) in [5, 5.41) is 1.00. The maximum Gasteiger partial charge on any atom is 0.222 e. The molecule has 0 fully saturated rings. The summed E-state index contributed by atoms with van der Waals surface area (Å²) in [5.74, 6) is 1.06. The number of benzene rings is 1. The molecule has 5 N–H and O–H groups in total. The number of nitrogens with one attached hydrogen (secondary N) is 1. The minimum Gasteiger partial charge on any atom is -0.383 e. The first kappa shape index (κ1) is 14.7. The number of nitrogens with zero attached hydrogens (tertiary/aromatic N) is 2. The second-order valence-corrected chi connectivity index (χ2v) is 5.68. The van der Waals surface area contributed by atoms with Gasteiger partial charge in [0.1, 0.15) is 5.82 Å². The number of hydroxylamine groups is 1. The molecule has 1 heterocycles. The largest absolute Gasteiger partial charge is 0.383 e. The highest BCUT2D eigenvalue weighted by molar-refractivity contribution is 6.34. The SMILES string of the molecule is Nc1nc(N)c2c(n1)CCC(NOc1cc(Cl)cc(Cl)c1)=C2. The van der Waals surface area contributed by atoms with Gasteiger partial charge in [0.15, 0.2) is 5.75 Å². The highest BCUT2D eigenvalue weighted by Gasteiger charge is 2.16. The van der Waals surface area contributed by atoms with E-state index >= 15 is 0 Å². The zero-order valence-electron chi connectivity index (χ0n) is 11.4. The van der Waals surface area contributed by atoms with E-state index < -0.39 is 0 Å². The number of anilines is 2. The number of fused-ring (bicyclic) bond motifs is 1. The van der Waals surface area contributed by atoms with Crippen molar-refractivity contribution >= 4 is 41.0 Å². The third-order valence-corrected chi connectivity index (χ3v) is 3.59. The van der Waals surface area contributed by atoms with E-state index in [4.69, 9.17) is 39.5 Å². The molecule has 114 valence electrons. The highest BCUT2D eigenvalue weighted by atomic mass is 35.5. The van der Waals surface area contributed by atoms with Gasteiger partial charge in [0, 0.05) is 27.7 Å². The van der Waals surface area contributed by atoms with E-state index in [1.807, 2.05) is 6.08 Å². The predicted octanol–water partition coefficient (Wildman–Crippen LogP) is 2.82. The zero-order chi connectivity index (χ0) is 15.7. The lowest BCUT2D eigenvalue weighted by atomic mass is 10.0. The van der Waals surface area contributed by atoms with Crippen molar-refractivity contribution in [2.45, 2.75) is 12.8 Å². The van der Waals surface area contributed by atoms with Gasteiger partial charge < -0.3 is 16.3 Å². The van der Waals surface area contributed by atoms with Crippen LogP contribution in [0.1, 0.15) is 17.7 Å². The molecule has 8 heteroatoms. The lowest BCUT2D eigenvalue weighted by Gasteiger charge is -2.18. The molecule has 0 saturated carbocycles. The average Bonchev–Trinajstić information content (AvgIpc) is 2.44. The van der Waals surface area contributed by atoms with Crippen molar-refractivity contribution in [3.63, 3.8) is 0 Å². The molecular formula is C14H13Cl2N5O.